The third-order valence-corrected chi connectivity index (χ3v) is 10.3. The Bertz CT molecular complexity index is 2460. The lowest BCUT2D eigenvalue weighted by molar-refractivity contribution is 0.660. The summed E-state index contributed by atoms with van der Waals surface area (Å²) < 4.78 is 0. The van der Waals surface area contributed by atoms with E-state index >= 15 is 0 Å². The Labute approximate surface area is 299 Å². The molecule has 51 heavy (non-hydrogen) atoms. The summed E-state index contributed by atoms with van der Waals surface area (Å²) in [4.78, 5) is 10.0. The zero-order chi connectivity index (χ0) is 34.4. The molecule has 0 unspecified atom stereocenters. The van der Waals surface area contributed by atoms with Crippen LogP contribution in [0.5, 0.6) is 0 Å². The highest BCUT2D eigenvalue weighted by atomic mass is 14.9. The van der Waals surface area contributed by atoms with Crippen LogP contribution in [0.15, 0.2) is 182 Å². The van der Waals surface area contributed by atoms with Crippen LogP contribution in [0.1, 0.15) is 25.0 Å². The van der Waals surface area contributed by atoms with Crippen molar-refractivity contribution in [3.05, 3.63) is 193 Å². The SMILES string of the molecule is CC1(C)c2ccccc2-c2cc(-c3ccccc3)c(-c3ccc(-c4cccc(-c5cc(-c6ccccc6)nc(-c6ccccc6)n5)c4)cc3)cc21. The Kier molecular flexibility index (Phi) is 7.51. The van der Waals surface area contributed by atoms with Gasteiger partial charge < -0.3 is 0 Å². The molecule has 0 fully saturated rings. The van der Waals surface area contributed by atoms with Gasteiger partial charge in [-0.1, -0.05) is 172 Å². The van der Waals surface area contributed by atoms with Crippen molar-refractivity contribution in [3.63, 3.8) is 0 Å². The summed E-state index contributed by atoms with van der Waals surface area (Å²) in [6.07, 6.45) is 0. The molecule has 1 aliphatic rings. The van der Waals surface area contributed by atoms with Gasteiger partial charge in [-0.05, 0) is 79.9 Å². The lowest BCUT2D eigenvalue weighted by Crippen LogP contribution is -2.15. The van der Waals surface area contributed by atoms with E-state index in [0.29, 0.717) is 0 Å². The van der Waals surface area contributed by atoms with E-state index in [0.717, 1.165) is 45.0 Å². The molecule has 0 radical (unpaired) electrons. The van der Waals surface area contributed by atoms with Crippen LogP contribution in [-0.4, -0.2) is 9.97 Å². The molecule has 7 aromatic carbocycles. The smallest absolute Gasteiger partial charge is 0.160 e. The van der Waals surface area contributed by atoms with Gasteiger partial charge in [0, 0.05) is 22.1 Å². The summed E-state index contributed by atoms with van der Waals surface area (Å²) >= 11 is 0. The molecule has 0 amide bonds. The van der Waals surface area contributed by atoms with Crippen molar-refractivity contribution < 1.29 is 0 Å². The first-order chi connectivity index (χ1) is 25.0. The molecule has 0 bridgehead atoms. The van der Waals surface area contributed by atoms with Crippen molar-refractivity contribution in [2.24, 2.45) is 0 Å². The molecular formula is C49H36N2. The van der Waals surface area contributed by atoms with E-state index in [1.54, 1.807) is 0 Å². The minimum Gasteiger partial charge on any atom is -0.228 e. The highest BCUT2D eigenvalue weighted by Crippen LogP contribution is 2.51. The number of aromatic nitrogens is 2. The first-order valence-corrected chi connectivity index (χ1v) is 17.6. The van der Waals surface area contributed by atoms with Gasteiger partial charge in [0.15, 0.2) is 5.82 Å². The lowest BCUT2D eigenvalue weighted by atomic mass is 9.80. The predicted octanol–water partition coefficient (Wildman–Crippen LogP) is 12.8. The zero-order valence-electron chi connectivity index (χ0n) is 28.7. The minimum absolute atomic E-state index is 0.0714. The third-order valence-electron chi connectivity index (χ3n) is 10.3. The van der Waals surface area contributed by atoms with Crippen LogP contribution in [-0.2, 0) is 5.41 Å². The second-order valence-electron chi connectivity index (χ2n) is 13.8. The maximum atomic E-state index is 5.07. The molecule has 2 heteroatoms. The predicted molar refractivity (Wildman–Crippen MR) is 212 cm³/mol. The number of hydrogen-bond donors (Lipinski definition) is 0. The van der Waals surface area contributed by atoms with E-state index in [1.807, 2.05) is 24.3 Å². The molecule has 9 rings (SSSR count). The molecule has 0 N–H and O–H groups in total. The molecule has 0 saturated carbocycles. The normalized spacial score (nSPS) is 12.7. The summed E-state index contributed by atoms with van der Waals surface area (Å²) in [5.41, 5.74) is 17.6. The van der Waals surface area contributed by atoms with Crippen molar-refractivity contribution in [2.75, 3.05) is 0 Å². The highest BCUT2D eigenvalue weighted by molar-refractivity contribution is 5.93. The Morgan fingerprint density at radius 1 is 0.314 bits per heavy atom. The van der Waals surface area contributed by atoms with Gasteiger partial charge in [-0.25, -0.2) is 9.97 Å². The minimum atomic E-state index is -0.0714. The maximum absolute atomic E-state index is 5.07. The summed E-state index contributed by atoms with van der Waals surface area (Å²) in [5, 5.41) is 0. The van der Waals surface area contributed by atoms with Gasteiger partial charge in [-0.2, -0.15) is 0 Å². The molecule has 0 aliphatic heterocycles. The molecule has 0 atom stereocenters. The summed E-state index contributed by atoms with van der Waals surface area (Å²) in [6, 6.07) is 64.9. The van der Waals surface area contributed by atoms with Gasteiger partial charge in [0.25, 0.3) is 0 Å². The number of rotatable bonds is 6. The largest absolute Gasteiger partial charge is 0.228 e. The maximum Gasteiger partial charge on any atom is 0.160 e. The lowest BCUT2D eigenvalue weighted by Gasteiger charge is -2.23. The van der Waals surface area contributed by atoms with E-state index < -0.39 is 0 Å². The van der Waals surface area contributed by atoms with E-state index in [2.05, 4.69) is 172 Å². The number of benzene rings is 7. The second-order valence-corrected chi connectivity index (χ2v) is 13.8. The number of fused-ring (bicyclic) bond motifs is 3. The second kappa shape index (κ2) is 12.5. The zero-order valence-corrected chi connectivity index (χ0v) is 28.7. The third kappa shape index (κ3) is 5.56. The van der Waals surface area contributed by atoms with E-state index in [1.165, 1.54) is 44.5 Å². The van der Waals surface area contributed by atoms with E-state index in [4.69, 9.17) is 9.97 Å². The molecule has 1 heterocycles. The molecule has 8 aromatic rings. The Hall–Kier alpha value is -6.38. The fraction of sp³-hybridized carbons (Fsp3) is 0.0612. The average Bonchev–Trinajstić information content (AvgIpc) is 3.43. The first kappa shape index (κ1) is 30.7. The van der Waals surface area contributed by atoms with Gasteiger partial charge in [-0.15, -0.1) is 0 Å². The molecule has 0 spiro atoms. The summed E-state index contributed by atoms with van der Waals surface area (Å²) in [7, 11) is 0. The van der Waals surface area contributed by atoms with E-state index in [-0.39, 0.29) is 5.41 Å². The summed E-state index contributed by atoms with van der Waals surface area (Å²) in [5.74, 6) is 0.719. The number of nitrogens with zero attached hydrogens (tertiary/aromatic N) is 2. The van der Waals surface area contributed by atoms with Gasteiger partial charge in [0.05, 0.1) is 11.4 Å². The van der Waals surface area contributed by atoms with Crippen LogP contribution in [0.2, 0.25) is 0 Å². The molecule has 1 aliphatic carbocycles. The fourth-order valence-corrected chi connectivity index (χ4v) is 7.61. The summed E-state index contributed by atoms with van der Waals surface area (Å²) in [6.45, 7) is 4.70. The van der Waals surface area contributed by atoms with Gasteiger partial charge >= 0.3 is 0 Å². The Balaban J connectivity index is 1.11. The van der Waals surface area contributed by atoms with Crippen LogP contribution >= 0.6 is 0 Å². The molecule has 2 nitrogen and oxygen atoms in total. The van der Waals surface area contributed by atoms with Crippen molar-refractivity contribution in [3.8, 4) is 78.4 Å². The van der Waals surface area contributed by atoms with Crippen molar-refractivity contribution in [2.45, 2.75) is 19.3 Å². The molecule has 0 saturated heterocycles. The molecule has 1 aromatic heterocycles. The van der Waals surface area contributed by atoms with Crippen molar-refractivity contribution >= 4 is 0 Å². The fourth-order valence-electron chi connectivity index (χ4n) is 7.61. The standard InChI is InChI=1S/C49H36N2/c1-49(2)44-24-13-12-23-40(44)43-30-41(34-15-6-3-7-16-34)42(31-45(43)49)35-27-25-33(26-28-35)38-21-14-22-39(29-38)47-32-46(36-17-8-4-9-18-36)50-48(51-47)37-19-10-5-11-20-37/h3-32H,1-2H3. The van der Waals surface area contributed by atoms with Gasteiger partial charge in [0.1, 0.15) is 0 Å². The van der Waals surface area contributed by atoms with Crippen LogP contribution in [0, 0.1) is 0 Å². The van der Waals surface area contributed by atoms with Crippen molar-refractivity contribution in [1.82, 2.24) is 9.97 Å². The topological polar surface area (TPSA) is 25.8 Å². The first-order valence-electron chi connectivity index (χ1n) is 17.6. The average molecular weight is 653 g/mol. The van der Waals surface area contributed by atoms with Crippen LogP contribution in [0.3, 0.4) is 0 Å². The quantitative estimate of drug-likeness (QED) is 0.179. The van der Waals surface area contributed by atoms with Crippen LogP contribution in [0.4, 0.5) is 0 Å². The van der Waals surface area contributed by atoms with Crippen molar-refractivity contribution in [1.29, 1.82) is 0 Å². The number of hydrogen-bond acceptors (Lipinski definition) is 2. The van der Waals surface area contributed by atoms with E-state index in [9.17, 15) is 0 Å². The highest BCUT2D eigenvalue weighted by Gasteiger charge is 2.36. The molecular weight excluding hydrogens is 617 g/mol. The van der Waals surface area contributed by atoms with Gasteiger partial charge in [0.2, 0.25) is 0 Å². The van der Waals surface area contributed by atoms with Crippen LogP contribution in [0.25, 0.3) is 78.4 Å². The Morgan fingerprint density at radius 3 is 1.53 bits per heavy atom. The molecule has 242 valence electrons. The monoisotopic (exact) mass is 652 g/mol. The van der Waals surface area contributed by atoms with Gasteiger partial charge in [-0.3, -0.25) is 0 Å². The Morgan fingerprint density at radius 2 is 0.824 bits per heavy atom. The van der Waals surface area contributed by atoms with Crippen LogP contribution < -0.4 is 0 Å².